The van der Waals surface area contributed by atoms with Crippen LogP contribution in [0, 0.1) is 0 Å². The zero-order chi connectivity index (χ0) is 12.8. The molecular formula is C14H21N3S. The van der Waals surface area contributed by atoms with E-state index >= 15 is 0 Å². The van der Waals surface area contributed by atoms with Crippen molar-refractivity contribution in [2.75, 3.05) is 13.1 Å². The molecule has 0 aliphatic carbocycles. The van der Waals surface area contributed by atoms with Gasteiger partial charge in [-0.05, 0) is 31.5 Å². The highest BCUT2D eigenvalue weighted by Crippen LogP contribution is 2.22. The minimum atomic E-state index is 0.285. The Balaban J connectivity index is 1.73. The van der Waals surface area contributed by atoms with Gasteiger partial charge in [0.25, 0.3) is 0 Å². The van der Waals surface area contributed by atoms with Crippen molar-refractivity contribution in [3.8, 4) is 0 Å². The first-order chi connectivity index (χ1) is 8.79. The molecule has 0 aliphatic rings. The number of fused-ring (bicyclic) bond motifs is 1. The van der Waals surface area contributed by atoms with Crippen LogP contribution >= 0.6 is 11.3 Å². The zero-order valence-corrected chi connectivity index (χ0v) is 11.7. The molecule has 4 heteroatoms. The van der Waals surface area contributed by atoms with E-state index in [2.05, 4.69) is 35.4 Å². The summed E-state index contributed by atoms with van der Waals surface area (Å²) in [6, 6.07) is 8.60. The van der Waals surface area contributed by atoms with Crippen LogP contribution in [0.25, 0.3) is 10.2 Å². The Morgan fingerprint density at radius 1 is 1.39 bits per heavy atom. The van der Waals surface area contributed by atoms with Crippen LogP contribution in [-0.2, 0) is 6.42 Å². The lowest BCUT2D eigenvalue weighted by Gasteiger charge is -2.09. The maximum atomic E-state index is 5.84. The van der Waals surface area contributed by atoms with E-state index in [1.165, 1.54) is 9.71 Å². The molecule has 1 aromatic carbocycles. The van der Waals surface area contributed by atoms with Crippen LogP contribution in [0.5, 0.6) is 0 Å². The van der Waals surface area contributed by atoms with Crippen LogP contribution in [0.15, 0.2) is 24.3 Å². The molecule has 1 atom stereocenters. The maximum absolute atomic E-state index is 5.84. The minimum Gasteiger partial charge on any atom is -0.327 e. The molecule has 3 nitrogen and oxygen atoms in total. The van der Waals surface area contributed by atoms with Gasteiger partial charge in [0.1, 0.15) is 0 Å². The minimum absolute atomic E-state index is 0.285. The summed E-state index contributed by atoms with van der Waals surface area (Å²) in [6.45, 7) is 4.05. The molecule has 1 unspecified atom stereocenters. The number of nitrogens with two attached hydrogens (primary N) is 1. The van der Waals surface area contributed by atoms with Crippen molar-refractivity contribution >= 4 is 21.6 Å². The largest absolute Gasteiger partial charge is 0.327 e. The Morgan fingerprint density at radius 2 is 2.22 bits per heavy atom. The van der Waals surface area contributed by atoms with E-state index in [1.807, 2.05) is 6.07 Å². The molecular weight excluding hydrogens is 242 g/mol. The van der Waals surface area contributed by atoms with Crippen LogP contribution in [0.3, 0.4) is 0 Å². The van der Waals surface area contributed by atoms with E-state index in [-0.39, 0.29) is 6.04 Å². The summed E-state index contributed by atoms with van der Waals surface area (Å²) >= 11 is 1.80. The standard InChI is InChI=1S/C14H21N3S/c1-2-11(15)10-16-9-5-8-14-17-12-6-3-4-7-13(12)18-14/h3-4,6-7,11,16H,2,5,8-10,15H2,1H3. The van der Waals surface area contributed by atoms with Crippen LogP contribution in [-0.4, -0.2) is 24.1 Å². The lowest BCUT2D eigenvalue weighted by atomic mass is 10.2. The molecule has 0 amide bonds. The second-order valence-corrected chi connectivity index (χ2v) is 5.67. The normalized spacial score (nSPS) is 13.0. The molecule has 2 rings (SSSR count). The van der Waals surface area contributed by atoms with E-state index in [1.54, 1.807) is 11.3 Å². The van der Waals surface area contributed by atoms with E-state index in [0.717, 1.165) is 37.9 Å². The van der Waals surface area contributed by atoms with E-state index < -0.39 is 0 Å². The zero-order valence-electron chi connectivity index (χ0n) is 10.9. The quantitative estimate of drug-likeness (QED) is 0.755. The number of hydrogen-bond donors (Lipinski definition) is 2. The number of para-hydroxylation sites is 1. The molecule has 0 spiro atoms. The van der Waals surface area contributed by atoms with Crippen molar-refractivity contribution in [1.29, 1.82) is 0 Å². The smallest absolute Gasteiger partial charge is 0.0939 e. The first-order valence-electron chi connectivity index (χ1n) is 6.60. The van der Waals surface area contributed by atoms with E-state index in [4.69, 9.17) is 5.73 Å². The first-order valence-corrected chi connectivity index (χ1v) is 7.42. The monoisotopic (exact) mass is 263 g/mol. The molecule has 18 heavy (non-hydrogen) atoms. The van der Waals surface area contributed by atoms with Crippen LogP contribution in [0.4, 0.5) is 0 Å². The van der Waals surface area contributed by atoms with E-state index in [9.17, 15) is 0 Å². The van der Waals surface area contributed by atoms with Crippen molar-refractivity contribution in [1.82, 2.24) is 10.3 Å². The number of rotatable bonds is 7. The maximum Gasteiger partial charge on any atom is 0.0939 e. The average Bonchev–Trinajstić information content (AvgIpc) is 2.80. The molecule has 2 aromatic rings. The Labute approximate surface area is 112 Å². The Bertz CT molecular complexity index is 448. The van der Waals surface area contributed by atoms with Gasteiger partial charge in [-0.25, -0.2) is 4.98 Å². The third kappa shape index (κ3) is 3.77. The molecule has 1 heterocycles. The van der Waals surface area contributed by atoms with Gasteiger partial charge in [-0.15, -0.1) is 11.3 Å². The van der Waals surface area contributed by atoms with Gasteiger partial charge in [-0.1, -0.05) is 19.1 Å². The molecule has 0 saturated heterocycles. The predicted molar refractivity (Wildman–Crippen MR) is 79.1 cm³/mol. The summed E-state index contributed by atoms with van der Waals surface area (Å²) in [6.07, 6.45) is 3.20. The summed E-state index contributed by atoms with van der Waals surface area (Å²) in [5, 5.41) is 4.63. The Hall–Kier alpha value is -0.970. The van der Waals surface area contributed by atoms with E-state index in [0.29, 0.717) is 0 Å². The van der Waals surface area contributed by atoms with Crippen LogP contribution < -0.4 is 11.1 Å². The van der Waals surface area contributed by atoms with Crippen molar-refractivity contribution in [3.05, 3.63) is 29.3 Å². The van der Waals surface area contributed by atoms with Gasteiger partial charge >= 0.3 is 0 Å². The summed E-state index contributed by atoms with van der Waals surface area (Å²) < 4.78 is 1.29. The average molecular weight is 263 g/mol. The second-order valence-electron chi connectivity index (χ2n) is 4.55. The molecule has 0 bridgehead atoms. The second kappa shape index (κ2) is 6.83. The van der Waals surface area contributed by atoms with Crippen LogP contribution in [0.2, 0.25) is 0 Å². The molecule has 3 N–H and O–H groups in total. The number of aromatic nitrogens is 1. The fourth-order valence-corrected chi connectivity index (χ4v) is 2.83. The number of aryl methyl sites for hydroxylation is 1. The first kappa shape index (κ1) is 13.5. The van der Waals surface area contributed by atoms with Gasteiger partial charge in [-0.3, -0.25) is 0 Å². The highest BCUT2D eigenvalue weighted by atomic mass is 32.1. The SMILES string of the molecule is CCC(N)CNCCCc1nc2ccccc2s1. The third-order valence-electron chi connectivity index (χ3n) is 3.01. The number of thiazole rings is 1. The van der Waals surface area contributed by atoms with Gasteiger partial charge < -0.3 is 11.1 Å². The Kier molecular flexibility index (Phi) is 5.11. The summed E-state index contributed by atoms with van der Waals surface area (Å²) in [4.78, 5) is 4.63. The summed E-state index contributed by atoms with van der Waals surface area (Å²) in [5.74, 6) is 0. The van der Waals surface area contributed by atoms with Gasteiger partial charge in [0, 0.05) is 19.0 Å². The molecule has 0 aliphatic heterocycles. The van der Waals surface area contributed by atoms with Gasteiger partial charge in [0.15, 0.2) is 0 Å². The predicted octanol–water partition coefficient (Wildman–Crippen LogP) is 2.56. The molecule has 0 fully saturated rings. The van der Waals surface area contributed by atoms with Crippen molar-refractivity contribution in [3.63, 3.8) is 0 Å². The molecule has 0 radical (unpaired) electrons. The molecule has 1 aromatic heterocycles. The van der Waals surface area contributed by atoms with Gasteiger partial charge in [0.05, 0.1) is 15.2 Å². The lowest BCUT2D eigenvalue weighted by Crippen LogP contribution is -2.33. The van der Waals surface area contributed by atoms with Gasteiger partial charge in [0.2, 0.25) is 0 Å². The fraction of sp³-hybridized carbons (Fsp3) is 0.500. The third-order valence-corrected chi connectivity index (χ3v) is 4.11. The highest BCUT2D eigenvalue weighted by molar-refractivity contribution is 7.18. The number of nitrogens with one attached hydrogen (secondary N) is 1. The molecule has 98 valence electrons. The molecule has 0 saturated carbocycles. The van der Waals surface area contributed by atoms with Gasteiger partial charge in [-0.2, -0.15) is 0 Å². The lowest BCUT2D eigenvalue weighted by molar-refractivity contribution is 0.553. The van der Waals surface area contributed by atoms with Crippen molar-refractivity contribution < 1.29 is 0 Å². The number of hydrogen-bond acceptors (Lipinski definition) is 4. The summed E-state index contributed by atoms with van der Waals surface area (Å²) in [5.41, 5.74) is 6.97. The fourth-order valence-electron chi connectivity index (χ4n) is 1.82. The summed E-state index contributed by atoms with van der Waals surface area (Å²) in [7, 11) is 0. The number of benzene rings is 1. The number of nitrogens with zero attached hydrogens (tertiary/aromatic N) is 1. The van der Waals surface area contributed by atoms with Crippen molar-refractivity contribution in [2.45, 2.75) is 32.2 Å². The van der Waals surface area contributed by atoms with Crippen LogP contribution in [0.1, 0.15) is 24.8 Å². The Morgan fingerprint density at radius 3 is 3.00 bits per heavy atom. The van der Waals surface area contributed by atoms with Crippen molar-refractivity contribution in [2.24, 2.45) is 5.73 Å². The highest BCUT2D eigenvalue weighted by Gasteiger charge is 2.03. The topological polar surface area (TPSA) is 50.9 Å².